The molecule has 1 atom stereocenters. The predicted octanol–water partition coefficient (Wildman–Crippen LogP) is 2.41. The van der Waals surface area contributed by atoms with Crippen LogP contribution in [0.2, 0.25) is 0 Å². The lowest BCUT2D eigenvalue weighted by Gasteiger charge is -2.16. The lowest BCUT2D eigenvalue weighted by molar-refractivity contribution is 0.0916. The van der Waals surface area contributed by atoms with Gasteiger partial charge in [0.05, 0.1) is 19.2 Å². The van der Waals surface area contributed by atoms with Crippen molar-refractivity contribution in [3.63, 3.8) is 0 Å². The van der Waals surface area contributed by atoms with Crippen LogP contribution in [0.5, 0.6) is 0 Å². The van der Waals surface area contributed by atoms with Crippen LogP contribution in [0.25, 0.3) is 10.9 Å². The molecule has 5 nitrogen and oxygen atoms in total. The molecule has 0 spiro atoms. The molecule has 28 heavy (non-hydrogen) atoms. The average Bonchev–Trinajstić information content (AvgIpc) is 3.10. The number of aliphatic hydroxyl groups excluding tert-OH is 1. The monoisotopic (exact) mass is 375 g/mol. The molecule has 1 heterocycles. The lowest BCUT2D eigenvalue weighted by Crippen LogP contribution is -2.39. The molecular weight excluding hydrogens is 350 g/mol. The van der Waals surface area contributed by atoms with Gasteiger partial charge in [-0.2, -0.15) is 0 Å². The van der Waals surface area contributed by atoms with Crippen LogP contribution < -0.4 is 5.32 Å². The molecule has 3 N–H and O–H groups in total. The molecule has 0 saturated heterocycles. The van der Waals surface area contributed by atoms with E-state index in [4.69, 9.17) is 0 Å². The topological polar surface area (TPSA) is 68.4 Å². The average molecular weight is 375 g/mol. The van der Waals surface area contributed by atoms with Crippen molar-refractivity contribution in [1.29, 1.82) is 0 Å². The fourth-order valence-corrected chi connectivity index (χ4v) is 3.03. The van der Waals surface area contributed by atoms with Gasteiger partial charge in [-0.25, -0.2) is 0 Å². The summed E-state index contributed by atoms with van der Waals surface area (Å²) in [6.45, 7) is 0.529. The summed E-state index contributed by atoms with van der Waals surface area (Å²) in [4.78, 5) is 17.9. The van der Waals surface area contributed by atoms with Gasteiger partial charge in [-0.3, -0.25) is 9.69 Å². The summed E-state index contributed by atoms with van der Waals surface area (Å²) in [7, 11) is 3.92. The normalized spacial score (nSPS) is 11.9. The van der Waals surface area contributed by atoms with Crippen LogP contribution in [-0.4, -0.2) is 54.2 Å². The molecule has 0 radical (unpaired) electrons. The summed E-state index contributed by atoms with van der Waals surface area (Å²) in [5, 5.41) is 13.8. The van der Waals surface area contributed by atoms with Crippen molar-refractivity contribution >= 4 is 16.8 Å². The zero-order valence-electron chi connectivity index (χ0n) is 16.2. The second-order valence-corrected chi connectivity index (χ2v) is 7.04. The predicted molar refractivity (Wildman–Crippen MR) is 112 cm³/mol. The second-order valence-electron chi connectivity index (χ2n) is 7.04. The lowest BCUT2D eigenvalue weighted by atomic mass is 10.0. The number of nitrogens with one attached hydrogen (secondary N) is 2. The van der Waals surface area contributed by atoms with E-state index in [0.717, 1.165) is 22.0 Å². The fraction of sp³-hybridized carbons (Fsp3) is 0.261. The van der Waals surface area contributed by atoms with Crippen molar-refractivity contribution in [3.05, 3.63) is 71.4 Å². The van der Waals surface area contributed by atoms with E-state index in [1.807, 2.05) is 61.6 Å². The minimum Gasteiger partial charge on any atom is -0.394 e. The first-order valence-corrected chi connectivity index (χ1v) is 9.27. The number of amides is 1. The number of aromatic nitrogens is 1. The Labute approximate surface area is 165 Å². The van der Waals surface area contributed by atoms with E-state index in [9.17, 15) is 9.90 Å². The third kappa shape index (κ3) is 5.01. The number of benzene rings is 2. The van der Waals surface area contributed by atoms with Crippen molar-refractivity contribution in [2.24, 2.45) is 0 Å². The van der Waals surface area contributed by atoms with Crippen LogP contribution in [0.1, 0.15) is 21.5 Å². The summed E-state index contributed by atoms with van der Waals surface area (Å²) in [5.74, 6) is 5.92. The number of nitrogens with zero attached hydrogens (tertiary/aromatic N) is 1. The number of aromatic amines is 1. The van der Waals surface area contributed by atoms with Crippen molar-refractivity contribution in [2.45, 2.75) is 12.5 Å². The Morgan fingerprint density at radius 3 is 2.82 bits per heavy atom. The Hall–Kier alpha value is -3.07. The standard InChI is InChI=1S/C23H25N3O2/c1-26(2)12-6-8-17-7-5-9-18(13-17)23(28)25-20(16-27)14-19-15-24-22-11-4-3-10-21(19)22/h3-5,7,9-11,13,15,20,24,27H,12,14,16H2,1-2H3,(H,25,28). The van der Waals surface area contributed by atoms with Gasteiger partial charge in [0.2, 0.25) is 0 Å². The summed E-state index contributed by atoms with van der Waals surface area (Å²) in [6.07, 6.45) is 2.48. The fourth-order valence-electron chi connectivity index (χ4n) is 3.03. The molecule has 144 valence electrons. The maximum Gasteiger partial charge on any atom is 0.251 e. The zero-order valence-corrected chi connectivity index (χ0v) is 16.2. The van der Waals surface area contributed by atoms with Crippen molar-refractivity contribution in [3.8, 4) is 11.8 Å². The van der Waals surface area contributed by atoms with Crippen LogP contribution in [0.4, 0.5) is 0 Å². The van der Waals surface area contributed by atoms with Crippen LogP contribution in [0, 0.1) is 11.8 Å². The van der Waals surface area contributed by atoms with Gasteiger partial charge in [-0.05, 0) is 50.3 Å². The van der Waals surface area contributed by atoms with Gasteiger partial charge in [-0.1, -0.05) is 36.1 Å². The summed E-state index contributed by atoms with van der Waals surface area (Å²) in [6, 6.07) is 14.9. The molecule has 1 aromatic heterocycles. The smallest absolute Gasteiger partial charge is 0.251 e. The molecular formula is C23H25N3O2. The molecule has 0 fully saturated rings. The third-order valence-corrected chi connectivity index (χ3v) is 4.45. The Bertz CT molecular complexity index is 1010. The second kappa shape index (κ2) is 9.23. The first-order valence-electron chi connectivity index (χ1n) is 9.27. The number of hydrogen-bond acceptors (Lipinski definition) is 3. The highest BCUT2D eigenvalue weighted by molar-refractivity contribution is 5.94. The van der Waals surface area contributed by atoms with Gasteiger partial charge in [0.15, 0.2) is 0 Å². The SMILES string of the molecule is CN(C)CC#Cc1cccc(C(=O)NC(CO)Cc2c[nH]c3ccccc23)c1. The highest BCUT2D eigenvalue weighted by atomic mass is 16.3. The molecule has 1 amide bonds. The van der Waals surface area contributed by atoms with Gasteiger partial charge < -0.3 is 15.4 Å². The summed E-state index contributed by atoms with van der Waals surface area (Å²) >= 11 is 0. The van der Waals surface area contributed by atoms with Gasteiger partial charge >= 0.3 is 0 Å². The molecule has 0 aliphatic rings. The number of hydrogen-bond donors (Lipinski definition) is 3. The summed E-state index contributed by atoms with van der Waals surface area (Å²) in [5.41, 5.74) is 3.45. The van der Waals surface area contributed by atoms with Gasteiger partial charge in [0, 0.05) is 28.2 Å². The van der Waals surface area contributed by atoms with E-state index in [2.05, 4.69) is 22.1 Å². The van der Waals surface area contributed by atoms with Crippen LogP contribution in [0.15, 0.2) is 54.7 Å². The van der Waals surface area contributed by atoms with E-state index < -0.39 is 0 Å². The molecule has 0 bridgehead atoms. The first-order chi connectivity index (χ1) is 13.6. The highest BCUT2D eigenvalue weighted by Crippen LogP contribution is 2.19. The number of aliphatic hydroxyl groups is 1. The number of fused-ring (bicyclic) bond motifs is 1. The van der Waals surface area contributed by atoms with Gasteiger partial charge in [-0.15, -0.1) is 0 Å². The molecule has 0 saturated carbocycles. The molecule has 3 aromatic rings. The number of rotatable bonds is 6. The van der Waals surface area contributed by atoms with Gasteiger partial charge in [0.25, 0.3) is 5.91 Å². The van der Waals surface area contributed by atoms with Crippen LogP contribution >= 0.6 is 0 Å². The molecule has 2 aromatic carbocycles. The van der Waals surface area contributed by atoms with Crippen molar-refractivity contribution < 1.29 is 9.90 Å². The number of carbonyl (C=O) groups excluding carboxylic acids is 1. The minimum atomic E-state index is -0.366. The molecule has 1 unspecified atom stereocenters. The Balaban J connectivity index is 1.69. The zero-order chi connectivity index (χ0) is 19.9. The van der Waals surface area contributed by atoms with Crippen LogP contribution in [-0.2, 0) is 6.42 Å². The molecule has 3 rings (SSSR count). The van der Waals surface area contributed by atoms with Crippen molar-refractivity contribution in [1.82, 2.24) is 15.2 Å². The molecule has 0 aliphatic heterocycles. The van der Waals surface area contributed by atoms with E-state index in [1.165, 1.54) is 0 Å². The Morgan fingerprint density at radius 1 is 1.21 bits per heavy atom. The Morgan fingerprint density at radius 2 is 2.04 bits per heavy atom. The van der Waals surface area contributed by atoms with E-state index in [-0.39, 0.29) is 18.6 Å². The number of carbonyl (C=O) groups is 1. The highest BCUT2D eigenvalue weighted by Gasteiger charge is 2.15. The quantitative estimate of drug-likeness (QED) is 0.580. The Kier molecular flexibility index (Phi) is 6.49. The minimum absolute atomic E-state index is 0.131. The molecule has 5 heteroatoms. The van der Waals surface area contributed by atoms with E-state index >= 15 is 0 Å². The maximum atomic E-state index is 12.7. The van der Waals surface area contributed by atoms with Gasteiger partial charge in [0.1, 0.15) is 0 Å². The van der Waals surface area contributed by atoms with Crippen LogP contribution in [0.3, 0.4) is 0 Å². The number of para-hydroxylation sites is 1. The first kappa shape index (κ1) is 19.7. The summed E-state index contributed by atoms with van der Waals surface area (Å²) < 4.78 is 0. The third-order valence-electron chi connectivity index (χ3n) is 4.45. The maximum absolute atomic E-state index is 12.7. The molecule has 0 aliphatic carbocycles. The van der Waals surface area contributed by atoms with Crippen molar-refractivity contribution in [2.75, 3.05) is 27.2 Å². The number of H-pyrrole nitrogens is 1. The van der Waals surface area contributed by atoms with E-state index in [0.29, 0.717) is 18.5 Å². The van der Waals surface area contributed by atoms with E-state index in [1.54, 1.807) is 12.1 Å². The largest absolute Gasteiger partial charge is 0.394 e.